The summed E-state index contributed by atoms with van der Waals surface area (Å²) in [5.74, 6) is 7.91. The van der Waals surface area contributed by atoms with Crippen molar-refractivity contribution in [2.45, 2.75) is 147 Å². The molecule has 4 aliphatic heterocycles. The predicted octanol–water partition coefficient (Wildman–Crippen LogP) is 4.05. The lowest BCUT2D eigenvalue weighted by atomic mass is 9.79. The van der Waals surface area contributed by atoms with E-state index in [0.717, 1.165) is 12.1 Å². The highest BCUT2D eigenvalue weighted by Crippen LogP contribution is 2.52. The Kier molecular flexibility index (Phi) is 33.5. The quantitative estimate of drug-likeness (QED) is 0.00745. The molecule has 632 valence electrons. The molecule has 0 radical (unpaired) electrons. The topological polar surface area (TPSA) is 542 Å². The molecule has 4 aliphatic rings. The number of hydroxylamine groups is 2. The van der Waals surface area contributed by atoms with Crippen LogP contribution in [0.2, 0.25) is 0 Å². The van der Waals surface area contributed by atoms with E-state index in [1.807, 2.05) is 55.4 Å². The molecule has 114 heavy (non-hydrogen) atoms. The summed E-state index contributed by atoms with van der Waals surface area (Å²) in [6.07, 6.45) is 15.7. The Morgan fingerprint density at radius 3 is 1.61 bits per heavy atom. The number of ketones is 1. The summed E-state index contributed by atoms with van der Waals surface area (Å²) in [4.78, 5) is 75.6. The van der Waals surface area contributed by atoms with Crippen molar-refractivity contribution in [1.82, 2.24) is 23.6 Å². The van der Waals surface area contributed by atoms with E-state index in [4.69, 9.17) is 42.4 Å². The fourth-order valence-corrected chi connectivity index (χ4v) is 18.6. The highest BCUT2D eigenvalue weighted by Gasteiger charge is 2.47. The lowest BCUT2D eigenvalue weighted by Gasteiger charge is -2.34. The number of Topliss-reactive ketones (excluding diaryl/α,β-unsaturated/α-hetero) is 1. The number of unbranched alkanes of at least 4 members (excludes halogenated alkanes) is 4. The van der Waals surface area contributed by atoms with Crippen molar-refractivity contribution < 1.29 is 122 Å². The molecule has 14 N–H and O–H groups in total. The number of amides is 1. The third kappa shape index (κ3) is 23.6. The molecule has 4 aromatic rings. The van der Waals surface area contributed by atoms with Crippen molar-refractivity contribution in [1.29, 1.82) is 0 Å². The van der Waals surface area contributed by atoms with Gasteiger partial charge in [-0.15, -0.1) is 0 Å². The van der Waals surface area contributed by atoms with Crippen molar-refractivity contribution in [2.75, 3.05) is 123 Å². The molecule has 0 saturated carbocycles. The van der Waals surface area contributed by atoms with Crippen LogP contribution in [-0.4, -0.2) is 257 Å². The molecule has 4 aromatic carbocycles. The second-order valence-electron chi connectivity index (χ2n) is 28.4. The van der Waals surface area contributed by atoms with E-state index in [1.165, 1.54) is 12.1 Å². The number of nitrogens with zero attached hydrogens (tertiary/aromatic N) is 7. The molecule has 2 unspecified atom stereocenters. The van der Waals surface area contributed by atoms with Gasteiger partial charge in [-0.05, 0) is 143 Å². The Bertz CT molecular complexity index is 4860. The Morgan fingerprint density at radius 1 is 0.579 bits per heavy atom. The van der Waals surface area contributed by atoms with Gasteiger partial charge in [0, 0.05) is 123 Å². The van der Waals surface area contributed by atoms with Crippen LogP contribution < -0.4 is 28.2 Å². The van der Waals surface area contributed by atoms with Gasteiger partial charge in [-0.2, -0.15) is 50.0 Å². The van der Waals surface area contributed by atoms with Crippen LogP contribution in [0.3, 0.4) is 0 Å². The number of benzene rings is 4. The van der Waals surface area contributed by atoms with Gasteiger partial charge < -0.3 is 45.3 Å². The number of piperazine rings is 1. The van der Waals surface area contributed by atoms with Crippen LogP contribution in [-0.2, 0) is 122 Å². The molecule has 43 heteroatoms. The first-order valence-electron chi connectivity index (χ1n) is 36.8. The van der Waals surface area contributed by atoms with E-state index >= 15 is 0 Å². The number of hydrogen-bond acceptors (Lipinski definition) is 27. The summed E-state index contributed by atoms with van der Waals surface area (Å²) < 4.78 is 202. The number of allylic oxidation sites excluding steroid dienone is 6. The highest BCUT2D eigenvalue weighted by atomic mass is 32.2. The van der Waals surface area contributed by atoms with Crippen LogP contribution in [0.5, 0.6) is 0 Å². The number of carbonyl (C=O) groups is 4. The summed E-state index contributed by atoms with van der Waals surface area (Å²) in [6, 6.07) is 7.31. The van der Waals surface area contributed by atoms with Gasteiger partial charge in [-0.1, -0.05) is 59.6 Å². The lowest BCUT2D eigenvalue weighted by molar-refractivity contribution is -0.438. The smallest absolute Gasteiger partial charge is 0.345 e. The first kappa shape index (κ1) is 92.8. The standard InChI is InChI=1S/C71H101N11O26S6/c1-70(2)63(79(56-22-20-52-54(66(56)70)45-50(111(91,92)93)47-61(52)113(97,98)99)30-12-6-8-16-60(83)49-15-14-29-76(32-26-49)37-39-103-41-43-105-81(109(87)88)58(24-27-72)68(85)107-74)17-9-5-10-18-64-71(3,4)67-55-46-51(112(94,95)96)48-62(114(100,101)102)53(55)21-23-57(67)80(64)31-13-7-11-19-65(84)78-35-33-77(34-36-78)38-40-104-42-44-106-82(110(89)90)59(25-28-73)69(86)108-75/h5,9-10,15,17-18,20-23,45-48,58-59H,6-8,11-14,16,19,24-44,72-75H2,1-4H3,(H5-,87,88,89,90,91,92,93,94,95,96,97,98,99,100,101,102)/p+1/t58-,59+/m0/s1. The molecule has 8 rings (SSSR count). The molecule has 1 amide bonds. The number of fused-ring (bicyclic) bond motifs is 6. The van der Waals surface area contributed by atoms with E-state index in [1.54, 1.807) is 35.3 Å². The third-order valence-electron chi connectivity index (χ3n) is 20.3. The van der Waals surface area contributed by atoms with Crippen LogP contribution in [0.4, 0.5) is 11.4 Å². The van der Waals surface area contributed by atoms with Crippen molar-refractivity contribution in [3.05, 3.63) is 107 Å². The molecule has 37 nitrogen and oxygen atoms in total. The molecule has 4 atom stereocenters. The van der Waals surface area contributed by atoms with Gasteiger partial charge in [0.15, 0.2) is 23.6 Å². The van der Waals surface area contributed by atoms with E-state index in [-0.39, 0.29) is 112 Å². The van der Waals surface area contributed by atoms with Gasteiger partial charge in [0.25, 0.3) is 63.0 Å². The van der Waals surface area contributed by atoms with Gasteiger partial charge in [0.1, 0.15) is 16.3 Å². The fraction of sp³-hybridized carbons (Fsp3) is 0.535. The molecule has 1 saturated heterocycles. The van der Waals surface area contributed by atoms with Gasteiger partial charge in [-0.25, -0.2) is 18.0 Å². The minimum Gasteiger partial charge on any atom is -0.378 e. The van der Waals surface area contributed by atoms with Crippen LogP contribution in [0.15, 0.2) is 116 Å². The van der Waals surface area contributed by atoms with Crippen molar-refractivity contribution in [3.8, 4) is 0 Å². The van der Waals surface area contributed by atoms with Crippen molar-refractivity contribution in [2.24, 2.45) is 23.3 Å². The number of hydrogen-bond donors (Lipinski definition) is 10. The number of carbonyl (C=O) groups excluding carboxylic acids is 4. The van der Waals surface area contributed by atoms with Gasteiger partial charge in [0.2, 0.25) is 11.6 Å². The maximum absolute atomic E-state index is 13.8. The Balaban J connectivity index is 0.959. The molecule has 0 spiro atoms. The van der Waals surface area contributed by atoms with Crippen LogP contribution in [0, 0.1) is 0 Å². The average Bonchev–Trinajstić information content (AvgIpc) is 1.53. The monoisotopic (exact) mass is 1720 g/mol. The van der Waals surface area contributed by atoms with Crippen LogP contribution in [0.25, 0.3) is 21.5 Å². The second kappa shape index (κ2) is 41.1. The SMILES string of the molecule is CC1(C)C(/C=C/C=C/C=C2/N(CCCCCC(=O)N3CCN(CCOCCON([C@H](CCN)C(=O)ON)S(=O)O)CC3)c3ccc4c(S(=O)(=O)O)cc(S(=O)(=O)O)cc4c3C2(C)C)=[N+](CCCCCC(=O)C2=CCCN(CCOCCON([C@@H](CCN)C(=O)ON)S(=O)O)CC2)c2ccc3c(S(=O)(=O)O)cc(S(=O)(=O)O)cc3c21. The Labute approximate surface area is 667 Å². The first-order valence-corrected chi connectivity index (χ1v) is 44.7. The van der Waals surface area contributed by atoms with Crippen molar-refractivity contribution in [3.63, 3.8) is 0 Å². The van der Waals surface area contributed by atoms with Crippen LogP contribution in [0.1, 0.15) is 116 Å². The molecule has 1 fully saturated rings. The van der Waals surface area contributed by atoms with Gasteiger partial charge in [-0.3, -0.25) is 51.5 Å². The van der Waals surface area contributed by atoms with E-state index in [2.05, 4.69) is 19.5 Å². The summed E-state index contributed by atoms with van der Waals surface area (Å²) in [5, 5.41) is 0.237. The molecule has 4 heterocycles. The molecular formula is C71H102N11O26S6+. The zero-order valence-electron chi connectivity index (χ0n) is 63.7. The fourth-order valence-electron chi connectivity index (χ4n) is 14.8. The first-order chi connectivity index (χ1) is 53.8. The normalized spacial score (nSPS) is 18.0. The zero-order valence-corrected chi connectivity index (χ0v) is 68.6. The minimum atomic E-state index is -5.07. The Morgan fingerprint density at radius 2 is 1.10 bits per heavy atom. The zero-order chi connectivity index (χ0) is 83.7. The summed E-state index contributed by atoms with van der Waals surface area (Å²) >= 11 is -5.42. The van der Waals surface area contributed by atoms with Gasteiger partial charge in [0.05, 0.1) is 54.8 Å². The summed E-state index contributed by atoms with van der Waals surface area (Å²) in [7, 11) is -20.2. The molecule has 0 aromatic heterocycles. The maximum atomic E-state index is 13.8. The molecular weight excluding hydrogens is 1620 g/mol. The van der Waals surface area contributed by atoms with Crippen LogP contribution >= 0.6 is 0 Å². The second-order valence-corrected chi connectivity index (χ2v) is 35.7. The van der Waals surface area contributed by atoms with E-state index in [0.29, 0.717) is 177 Å². The largest absolute Gasteiger partial charge is 0.378 e. The van der Waals surface area contributed by atoms with Gasteiger partial charge >= 0.3 is 11.9 Å². The lowest BCUT2D eigenvalue weighted by Crippen LogP contribution is -2.49. The third-order valence-corrected chi connectivity index (χ3v) is 25.1. The van der Waals surface area contributed by atoms with E-state index in [9.17, 15) is 88.6 Å². The molecule has 0 aliphatic carbocycles. The number of ether oxygens (including phenoxy) is 2. The molecule has 0 bridgehead atoms. The number of nitrogens with two attached hydrogens (primary N) is 4. The van der Waals surface area contributed by atoms with Crippen molar-refractivity contribution >= 4 is 125 Å². The summed E-state index contributed by atoms with van der Waals surface area (Å²) in [5.41, 5.74) is 13.1. The predicted molar refractivity (Wildman–Crippen MR) is 420 cm³/mol. The highest BCUT2D eigenvalue weighted by molar-refractivity contribution is 7.87. The minimum absolute atomic E-state index is 0.00464. The average molecular weight is 1720 g/mol. The number of anilines is 1. The maximum Gasteiger partial charge on any atom is 0.345 e. The Hall–Kier alpha value is -6.71. The van der Waals surface area contributed by atoms with E-state index < -0.39 is 117 Å². The summed E-state index contributed by atoms with van der Waals surface area (Å²) in [6.45, 7) is 12.7. The number of rotatable bonds is 44.